The minimum atomic E-state index is -0.348. The van der Waals surface area contributed by atoms with Gasteiger partial charge in [0.15, 0.2) is 5.12 Å². The van der Waals surface area contributed by atoms with Gasteiger partial charge in [0.2, 0.25) is 0 Å². The van der Waals surface area contributed by atoms with Gasteiger partial charge in [-0.05, 0) is 12.1 Å². The number of thioether (sulfide) groups is 1. The Morgan fingerprint density at radius 2 is 2.33 bits per heavy atom. The highest BCUT2D eigenvalue weighted by atomic mass is 32.2. The van der Waals surface area contributed by atoms with Crippen LogP contribution in [0.25, 0.3) is 6.08 Å². The summed E-state index contributed by atoms with van der Waals surface area (Å²) in [5.41, 5.74) is 6.29. The fourth-order valence-electron chi connectivity index (χ4n) is 1.02. The third-order valence-electron chi connectivity index (χ3n) is 1.70. The largest absolute Gasteiger partial charge is 0.399 e. The zero-order valence-electron chi connectivity index (χ0n) is 8.37. The van der Waals surface area contributed by atoms with Crippen molar-refractivity contribution in [2.45, 2.75) is 6.92 Å². The molecule has 0 amide bonds. The van der Waals surface area contributed by atoms with Crippen molar-refractivity contribution in [2.24, 2.45) is 0 Å². The van der Waals surface area contributed by atoms with Gasteiger partial charge in [-0.2, -0.15) is 0 Å². The molecule has 0 unspecified atom stereocenters. The molecule has 1 aromatic rings. The van der Waals surface area contributed by atoms with Gasteiger partial charge >= 0.3 is 0 Å². The molecule has 0 fully saturated rings. The number of rotatable bonds is 3. The maximum atomic E-state index is 13.2. The molecule has 0 aliphatic rings. The average molecular weight is 225 g/mol. The average Bonchev–Trinajstić information content (AvgIpc) is 2.14. The van der Waals surface area contributed by atoms with Crippen LogP contribution in [0.3, 0.4) is 0 Å². The molecule has 1 rings (SSSR count). The molecule has 0 aliphatic carbocycles. The summed E-state index contributed by atoms with van der Waals surface area (Å²) in [5, 5.41) is 0.0532. The van der Waals surface area contributed by atoms with Gasteiger partial charge in [0.05, 0.1) is 0 Å². The Bertz CT molecular complexity index is 390. The lowest BCUT2D eigenvalue weighted by molar-refractivity contribution is -0.109. The molecule has 0 aromatic heterocycles. The quantitative estimate of drug-likeness (QED) is 0.804. The molecule has 2 N–H and O–H groups in total. The molecule has 4 heteroatoms. The van der Waals surface area contributed by atoms with E-state index in [0.29, 0.717) is 17.0 Å². The molecule has 0 bridgehead atoms. The fourth-order valence-corrected chi connectivity index (χ4v) is 1.45. The van der Waals surface area contributed by atoms with Crippen LogP contribution in [0.5, 0.6) is 0 Å². The van der Waals surface area contributed by atoms with Crippen LogP contribution in [0.4, 0.5) is 10.1 Å². The predicted octanol–water partition coefficient (Wildman–Crippen LogP) is 2.70. The Morgan fingerprint density at radius 1 is 1.60 bits per heavy atom. The summed E-state index contributed by atoms with van der Waals surface area (Å²) >= 11 is 1.19. The van der Waals surface area contributed by atoms with Crippen LogP contribution < -0.4 is 5.73 Å². The fraction of sp³-hybridized carbons (Fsp3) is 0.182. The Kier molecular flexibility index (Phi) is 4.37. The van der Waals surface area contributed by atoms with E-state index in [1.165, 1.54) is 24.8 Å². The number of hydrogen-bond acceptors (Lipinski definition) is 3. The van der Waals surface area contributed by atoms with Crippen molar-refractivity contribution in [3.63, 3.8) is 0 Å². The minimum Gasteiger partial charge on any atom is -0.399 e. The number of carbonyl (C=O) groups is 1. The molecule has 15 heavy (non-hydrogen) atoms. The Labute approximate surface area is 92.4 Å². The van der Waals surface area contributed by atoms with Crippen LogP contribution in [0.2, 0.25) is 0 Å². The van der Waals surface area contributed by atoms with E-state index in [2.05, 4.69) is 0 Å². The van der Waals surface area contributed by atoms with Gasteiger partial charge in [-0.1, -0.05) is 30.0 Å². The van der Waals surface area contributed by atoms with Crippen LogP contribution in [-0.2, 0) is 4.79 Å². The van der Waals surface area contributed by atoms with Gasteiger partial charge in [0.1, 0.15) is 5.82 Å². The molecule has 2 nitrogen and oxygen atoms in total. The van der Waals surface area contributed by atoms with Crippen molar-refractivity contribution in [2.75, 3.05) is 11.5 Å². The number of carbonyl (C=O) groups excluding carboxylic acids is 1. The van der Waals surface area contributed by atoms with E-state index in [4.69, 9.17) is 5.73 Å². The Hall–Kier alpha value is -1.29. The van der Waals surface area contributed by atoms with E-state index in [1.807, 2.05) is 0 Å². The molecule has 0 saturated carbocycles. The highest BCUT2D eigenvalue weighted by Crippen LogP contribution is 2.13. The van der Waals surface area contributed by atoms with Gasteiger partial charge in [0.25, 0.3) is 0 Å². The first-order valence-corrected chi connectivity index (χ1v) is 5.43. The molecule has 80 valence electrons. The minimum absolute atomic E-state index is 0.0532. The summed E-state index contributed by atoms with van der Waals surface area (Å²) < 4.78 is 13.2. The van der Waals surface area contributed by atoms with E-state index in [0.717, 1.165) is 0 Å². The highest BCUT2D eigenvalue weighted by molar-refractivity contribution is 8.13. The predicted molar refractivity (Wildman–Crippen MR) is 63.0 cm³/mol. The van der Waals surface area contributed by atoms with E-state index in [1.54, 1.807) is 24.3 Å². The van der Waals surface area contributed by atoms with Crippen LogP contribution in [0, 0.1) is 5.82 Å². The lowest BCUT2D eigenvalue weighted by atomic mass is 10.2. The van der Waals surface area contributed by atoms with Crippen LogP contribution in [0.1, 0.15) is 12.5 Å². The van der Waals surface area contributed by atoms with Crippen LogP contribution in [0.15, 0.2) is 24.3 Å². The van der Waals surface area contributed by atoms with Crippen molar-refractivity contribution in [3.05, 3.63) is 35.7 Å². The molecule has 0 saturated heterocycles. The topological polar surface area (TPSA) is 43.1 Å². The molecule has 0 atom stereocenters. The summed E-state index contributed by atoms with van der Waals surface area (Å²) in [6.07, 6.45) is 3.39. The Morgan fingerprint density at radius 3 is 2.93 bits per heavy atom. The monoisotopic (exact) mass is 225 g/mol. The van der Waals surface area contributed by atoms with E-state index >= 15 is 0 Å². The SMILES string of the molecule is CC(=O)SCC=Cc1ccc(N)cc1F. The Balaban J connectivity index is 2.60. The van der Waals surface area contributed by atoms with Crippen molar-refractivity contribution in [1.82, 2.24) is 0 Å². The third-order valence-corrected chi connectivity index (χ3v) is 2.47. The first-order valence-electron chi connectivity index (χ1n) is 4.44. The number of halogens is 1. The maximum Gasteiger partial charge on any atom is 0.186 e. The second-order valence-corrected chi connectivity index (χ2v) is 4.18. The lowest BCUT2D eigenvalue weighted by Crippen LogP contribution is -1.88. The summed E-state index contributed by atoms with van der Waals surface area (Å²) in [4.78, 5) is 10.6. The number of benzene rings is 1. The zero-order valence-corrected chi connectivity index (χ0v) is 9.18. The molecule has 0 radical (unpaired) electrons. The molecular formula is C11H12FNOS. The first kappa shape index (κ1) is 11.8. The second kappa shape index (κ2) is 5.56. The van der Waals surface area contributed by atoms with Gasteiger partial charge in [-0.3, -0.25) is 4.79 Å². The highest BCUT2D eigenvalue weighted by Gasteiger charge is 1.98. The van der Waals surface area contributed by atoms with Gasteiger partial charge in [-0.25, -0.2) is 4.39 Å². The smallest absolute Gasteiger partial charge is 0.186 e. The summed E-state index contributed by atoms with van der Waals surface area (Å²) in [7, 11) is 0. The second-order valence-electron chi connectivity index (χ2n) is 2.99. The molecule has 1 aromatic carbocycles. The third kappa shape index (κ3) is 4.16. The van der Waals surface area contributed by atoms with E-state index in [9.17, 15) is 9.18 Å². The van der Waals surface area contributed by atoms with Gasteiger partial charge < -0.3 is 5.73 Å². The summed E-state index contributed by atoms with van der Waals surface area (Å²) in [6.45, 7) is 1.50. The maximum absolute atomic E-state index is 13.2. The van der Waals surface area contributed by atoms with Crippen molar-refractivity contribution >= 4 is 28.6 Å². The number of nitrogen functional groups attached to an aromatic ring is 1. The summed E-state index contributed by atoms with van der Waals surface area (Å²) in [6, 6.07) is 4.53. The number of hydrogen-bond donors (Lipinski definition) is 1. The first-order chi connectivity index (χ1) is 7.09. The van der Waals surface area contributed by atoms with Crippen molar-refractivity contribution in [1.29, 1.82) is 0 Å². The van der Waals surface area contributed by atoms with Crippen LogP contribution >= 0.6 is 11.8 Å². The van der Waals surface area contributed by atoms with E-state index in [-0.39, 0.29) is 10.9 Å². The van der Waals surface area contributed by atoms with Crippen LogP contribution in [-0.4, -0.2) is 10.9 Å². The number of anilines is 1. The number of nitrogens with two attached hydrogens (primary N) is 1. The van der Waals surface area contributed by atoms with E-state index < -0.39 is 0 Å². The van der Waals surface area contributed by atoms with Crippen molar-refractivity contribution in [3.8, 4) is 0 Å². The van der Waals surface area contributed by atoms with Gasteiger partial charge in [-0.15, -0.1) is 0 Å². The summed E-state index contributed by atoms with van der Waals surface area (Å²) in [5.74, 6) is 0.207. The van der Waals surface area contributed by atoms with Gasteiger partial charge in [0, 0.05) is 23.9 Å². The zero-order chi connectivity index (χ0) is 11.3. The lowest BCUT2D eigenvalue weighted by Gasteiger charge is -1.98. The standard InChI is InChI=1S/C11H12FNOS/c1-8(14)15-6-2-3-9-4-5-10(13)7-11(9)12/h2-5,7H,6,13H2,1H3. The molecule has 0 spiro atoms. The normalized spacial score (nSPS) is 10.8. The van der Waals surface area contributed by atoms with Crippen molar-refractivity contribution < 1.29 is 9.18 Å². The molecular weight excluding hydrogens is 213 g/mol. The molecule has 0 heterocycles. The molecule has 0 aliphatic heterocycles.